The summed E-state index contributed by atoms with van der Waals surface area (Å²) in [4.78, 5) is 42.2. The molecular formula is C45H57N6O7PS. The number of rotatable bonds is 14. The first-order valence-corrected chi connectivity index (χ1v) is 22.0. The summed E-state index contributed by atoms with van der Waals surface area (Å²) in [6, 6.07) is 25.9. The maximum absolute atomic E-state index is 14.4. The second-order valence-electron chi connectivity index (χ2n) is 17.9. The van der Waals surface area contributed by atoms with Crippen molar-refractivity contribution in [3.8, 4) is 0 Å². The molecule has 13 nitrogen and oxygen atoms in total. The predicted molar refractivity (Wildman–Crippen MR) is 238 cm³/mol. The van der Waals surface area contributed by atoms with Crippen LogP contribution < -0.4 is 16.0 Å². The van der Waals surface area contributed by atoms with Crippen LogP contribution in [0.5, 0.6) is 0 Å². The Balaban J connectivity index is 1.50. The SMILES string of the molecule is CC(C)c1ccc2c(Nc3cc(C(=O)NC(C)(COP(=O)(OC(C)(C)C)OC(C)(C)C)c4ccccc4)ccc3Sc3ccc(NC(=O)OC(C)(C)C)cc3)ncnc2n1. The van der Waals surface area contributed by atoms with Gasteiger partial charge in [0.25, 0.3) is 5.91 Å². The summed E-state index contributed by atoms with van der Waals surface area (Å²) >= 11 is 1.46. The lowest BCUT2D eigenvalue weighted by molar-refractivity contribution is -0.00471. The van der Waals surface area contributed by atoms with E-state index in [9.17, 15) is 14.2 Å². The van der Waals surface area contributed by atoms with Crippen molar-refractivity contribution >= 4 is 59.8 Å². The van der Waals surface area contributed by atoms with Gasteiger partial charge in [-0.05, 0) is 135 Å². The largest absolute Gasteiger partial charge is 0.475 e. The monoisotopic (exact) mass is 856 g/mol. The summed E-state index contributed by atoms with van der Waals surface area (Å²) in [5.41, 5.74) is 0.150. The van der Waals surface area contributed by atoms with E-state index >= 15 is 0 Å². The van der Waals surface area contributed by atoms with Crippen LogP contribution in [0.25, 0.3) is 11.0 Å². The number of aromatic nitrogens is 3. The minimum Gasteiger partial charge on any atom is -0.444 e. The van der Waals surface area contributed by atoms with Gasteiger partial charge >= 0.3 is 13.9 Å². The van der Waals surface area contributed by atoms with E-state index in [1.165, 1.54) is 18.1 Å². The van der Waals surface area contributed by atoms with Gasteiger partial charge in [0.2, 0.25) is 0 Å². The van der Waals surface area contributed by atoms with Gasteiger partial charge in [-0.2, -0.15) is 0 Å². The van der Waals surface area contributed by atoms with Crippen LogP contribution in [0.1, 0.15) is 111 Å². The zero-order chi connectivity index (χ0) is 44.1. The highest BCUT2D eigenvalue weighted by Gasteiger charge is 2.41. The van der Waals surface area contributed by atoms with Crippen LogP contribution in [0.2, 0.25) is 0 Å². The Labute approximate surface area is 357 Å². The van der Waals surface area contributed by atoms with Crippen molar-refractivity contribution in [1.29, 1.82) is 0 Å². The standard InChI is InChI=1S/C45H57N6O7PS/c1-29(2)35-24-23-34-38(49-35)46-28-47-39(34)50-36-26-30(18-25-37(36)60-33-21-19-32(20-22-33)48-41(53)56-42(3,4)5)40(52)51-45(12,31-16-14-13-15-17-31)27-55-59(54,57-43(6,7)8)58-44(9,10)11/h13-26,28-29H,27H2,1-12H3,(H,48,53)(H,51,52)(H,46,47,49,50). The molecule has 3 aromatic carbocycles. The molecule has 0 aliphatic heterocycles. The lowest BCUT2D eigenvalue weighted by Gasteiger charge is -2.35. The van der Waals surface area contributed by atoms with E-state index in [0.717, 1.165) is 15.5 Å². The van der Waals surface area contributed by atoms with Crippen molar-refractivity contribution in [1.82, 2.24) is 20.3 Å². The van der Waals surface area contributed by atoms with Crippen LogP contribution in [0.3, 0.4) is 0 Å². The fraction of sp³-hybridized carbons (Fsp3) is 0.400. The van der Waals surface area contributed by atoms with E-state index in [-0.39, 0.29) is 12.5 Å². The van der Waals surface area contributed by atoms with Gasteiger partial charge in [0.15, 0.2) is 5.65 Å². The zero-order valence-corrected chi connectivity index (χ0v) is 38.2. The van der Waals surface area contributed by atoms with Crippen LogP contribution in [0, 0.1) is 0 Å². The number of phosphoric ester groups is 1. The predicted octanol–water partition coefficient (Wildman–Crippen LogP) is 11.8. The maximum Gasteiger partial charge on any atom is 0.475 e. The molecule has 15 heteroatoms. The molecule has 5 rings (SSSR count). The third-order valence-corrected chi connectivity index (χ3v) is 11.5. The normalized spacial score (nSPS) is 13.5. The number of hydrogen-bond acceptors (Lipinski definition) is 12. The average Bonchev–Trinajstić information content (AvgIpc) is 3.13. The number of nitrogens with zero attached hydrogens (tertiary/aromatic N) is 3. The van der Waals surface area contributed by atoms with E-state index in [2.05, 4.69) is 39.8 Å². The first-order chi connectivity index (χ1) is 27.9. The number of hydrogen-bond donors (Lipinski definition) is 3. The molecule has 0 fully saturated rings. The molecule has 0 saturated carbocycles. The Kier molecular flexibility index (Phi) is 14.2. The molecule has 2 amide bonds. The molecule has 2 aromatic heterocycles. The number of benzene rings is 3. The first-order valence-electron chi connectivity index (χ1n) is 19.7. The summed E-state index contributed by atoms with van der Waals surface area (Å²) in [5.74, 6) is 0.303. The van der Waals surface area contributed by atoms with Gasteiger partial charge in [-0.15, -0.1) is 0 Å². The summed E-state index contributed by atoms with van der Waals surface area (Å²) in [6.45, 7) is 21.7. The number of carbonyl (C=O) groups is 2. The number of carbonyl (C=O) groups excluding carboxylic acids is 2. The molecule has 1 atom stereocenters. The minimum atomic E-state index is -4.14. The number of amides is 2. The fourth-order valence-corrected chi connectivity index (χ4v) is 8.57. The Hall–Kier alpha value is -4.85. The quantitative estimate of drug-likeness (QED) is 0.0907. The number of pyridine rings is 1. The fourth-order valence-electron chi connectivity index (χ4n) is 5.79. The van der Waals surface area contributed by atoms with Crippen molar-refractivity contribution in [2.75, 3.05) is 17.2 Å². The summed E-state index contributed by atoms with van der Waals surface area (Å²) in [7, 11) is -4.14. The topological polar surface area (TPSA) is 163 Å². The van der Waals surface area contributed by atoms with Gasteiger partial charge < -0.3 is 15.4 Å². The van der Waals surface area contributed by atoms with Crippen molar-refractivity contribution < 1.29 is 32.5 Å². The maximum atomic E-state index is 14.4. The van der Waals surface area contributed by atoms with E-state index < -0.39 is 42.2 Å². The molecule has 0 saturated heterocycles. The number of nitrogens with one attached hydrogen (secondary N) is 3. The molecule has 5 aromatic rings. The lowest BCUT2D eigenvalue weighted by atomic mass is 9.92. The highest BCUT2D eigenvalue weighted by Crippen LogP contribution is 2.56. The van der Waals surface area contributed by atoms with Crippen LogP contribution in [-0.4, -0.2) is 50.4 Å². The van der Waals surface area contributed by atoms with Gasteiger partial charge in [-0.1, -0.05) is 55.9 Å². The van der Waals surface area contributed by atoms with Crippen LogP contribution in [-0.2, 0) is 28.4 Å². The summed E-state index contributed by atoms with van der Waals surface area (Å²) in [6.07, 6.45) is 0.911. The molecule has 1 unspecified atom stereocenters. The molecular weight excluding hydrogens is 800 g/mol. The Morgan fingerprint density at radius 2 is 1.43 bits per heavy atom. The molecule has 0 spiro atoms. The first kappa shape index (κ1) is 46.2. The third-order valence-electron chi connectivity index (χ3n) is 8.42. The van der Waals surface area contributed by atoms with Crippen molar-refractivity contribution in [2.24, 2.45) is 0 Å². The zero-order valence-electron chi connectivity index (χ0n) is 36.5. The number of fused-ring (bicyclic) bond motifs is 1. The van der Waals surface area contributed by atoms with Crippen molar-refractivity contribution in [3.05, 3.63) is 108 Å². The molecule has 0 aliphatic rings. The molecule has 320 valence electrons. The van der Waals surface area contributed by atoms with Crippen LogP contribution >= 0.6 is 19.6 Å². The summed E-state index contributed by atoms with van der Waals surface area (Å²) < 4.78 is 37.4. The molecule has 60 heavy (non-hydrogen) atoms. The summed E-state index contributed by atoms with van der Waals surface area (Å²) in [5, 5.41) is 10.1. The van der Waals surface area contributed by atoms with Gasteiger partial charge in [-0.3, -0.25) is 23.7 Å². The average molecular weight is 857 g/mol. The molecule has 0 radical (unpaired) electrons. The van der Waals surface area contributed by atoms with Gasteiger partial charge in [0.1, 0.15) is 17.7 Å². The van der Waals surface area contributed by atoms with Gasteiger partial charge in [0, 0.05) is 26.7 Å². The molecule has 0 aliphatic carbocycles. The van der Waals surface area contributed by atoms with Crippen LogP contribution in [0.4, 0.5) is 22.0 Å². The Bertz CT molecular complexity index is 2320. The Morgan fingerprint density at radius 3 is 2.03 bits per heavy atom. The number of phosphoric acid groups is 1. The molecule has 3 N–H and O–H groups in total. The second-order valence-corrected chi connectivity index (χ2v) is 20.5. The molecule has 2 heterocycles. The van der Waals surface area contributed by atoms with E-state index in [4.69, 9.17) is 23.3 Å². The number of ether oxygens (including phenoxy) is 1. The third kappa shape index (κ3) is 13.3. The lowest BCUT2D eigenvalue weighted by Crippen LogP contribution is -2.47. The Morgan fingerprint density at radius 1 is 0.783 bits per heavy atom. The van der Waals surface area contributed by atoms with Crippen molar-refractivity contribution in [2.45, 2.75) is 121 Å². The van der Waals surface area contributed by atoms with E-state index in [1.54, 1.807) is 93.5 Å². The van der Waals surface area contributed by atoms with Crippen LogP contribution in [0.15, 0.2) is 101 Å². The highest BCUT2D eigenvalue weighted by molar-refractivity contribution is 7.99. The van der Waals surface area contributed by atoms with Gasteiger partial charge in [0.05, 0.1) is 34.4 Å². The van der Waals surface area contributed by atoms with Gasteiger partial charge in [-0.25, -0.2) is 24.3 Å². The highest BCUT2D eigenvalue weighted by atomic mass is 32.2. The van der Waals surface area contributed by atoms with E-state index in [1.807, 2.05) is 60.7 Å². The smallest absolute Gasteiger partial charge is 0.444 e. The minimum absolute atomic E-state index is 0.209. The molecule has 0 bridgehead atoms. The number of anilines is 3. The van der Waals surface area contributed by atoms with Crippen molar-refractivity contribution in [3.63, 3.8) is 0 Å². The van der Waals surface area contributed by atoms with E-state index in [0.29, 0.717) is 39.4 Å². The second kappa shape index (κ2) is 18.4.